The highest BCUT2D eigenvalue weighted by Crippen LogP contribution is 2.25. The predicted octanol–water partition coefficient (Wildman–Crippen LogP) is 4.09. The molecule has 26 heavy (non-hydrogen) atoms. The summed E-state index contributed by atoms with van der Waals surface area (Å²) in [6, 6.07) is 11.4. The van der Waals surface area contributed by atoms with Crippen molar-refractivity contribution in [2.75, 3.05) is 13.1 Å². The Morgan fingerprint density at radius 3 is 2.54 bits per heavy atom. The molecule has 1 aromatic carbocycles. The summed E-state index contributed by atoms with van der Waals surface area (Å²) < 4.78 is 2.55. The highest BCUT2D eigenvalue weighted by molar-refractivity contribution is 7.71. The minimum atomic E-state index is -0.443. The molecule has 3 aromatic rings. The van der Waals surface area contributed by atoms with Gasteiger partial charge in [0.25, 0.3) is 0 Å². The zero-order chi connectivity index (χ0) is 17.9. The Labute approximate surface area is 157 Å². The Balaban J connectivity index is 1.81. The van der Waals surface area contributed by atoms with Gasteiger partial charge in [0.2, 0.25) is 5.91 Å². The van der Waals surface area contributed by atoms with Gasteiger partial charge in [-0.05, 0) is 24.5 Å². The Morgan fingerprint density at radius 2 is 1.81 bits per heavy atom. The van der Waals surface area contributed by atoms with Crippen LogP contribution in [0.15, 0.2) is 48.8 Å². The Bertz CT molecular complexity index is 955. The number of benzene rings is 1. The molecular weight excluding hydrogens is 344 g/mol. The molecular formula is C20H22N4OS. The van der Waals surface area contributed by atoms with Crippen molar-refractivity contribution in [1.82, 2.24) is 19.7 Å². The summed E-state index contributed by atoms with van der Waals surface area (Å²) in [5, 5.41) is 7.89. The number of rotatable bonds is 3. The summed E-state index contributed by atoms with van der Waals surface area (Å²) in [5.74, 6) is 0.122. The van der Waals surface area contributed by atoms with Crippen LogP contribution in [0.25, 0.3) is 10.9 Å². The van der Waals surface area contributed by atoms with Crippen molar-refractivity contribution in [3.8, 4) is 0 Å². The first-order valence-corrected chi connectivity index (χ1v) is 9.54. The van der Waals surface area contributed by atoms with E-state index < -0.39 is 6.04 Å². The van der Waals surface area contributed by atoms with Gasteiger partial charge in [-0.2, -0.15) is 5.10 Å². The molecule has 0 saturated carbocycles. The van der Waals surface area contributed by atoms with Gasteiger partial charge in [-0.3, -0.25) is 9.89 Å². The van der Waals surface area contributed by atoms with Crippen molar-refractivity contribution >= 4 is 29.0 Å². The van der Waals surface area contributed by atoms with Crippen LogP contribution in [0.2, 0.25) is 0 Å². The van der Waals surface area contributed by atoms with Gasteiger partial charge in [-0.1, -0.05) is 55.4 Å². The SMILES string of the molecule is O=C(C(c1ccccc1)n1ccc2[nH]ncc2c1=S)N1CCCCCC1. The maximum absolute atomic E-state index is 13.5. The van der Waals surface area contributed by atoms with Crippen LogP contribution in [-0.2, 0) is 4.79 Å². The highest BCUT2D eigenvalue weighted by atomic mass is 32.1. The number of amides is 1. The van der Waals surface area contributed by atoms with Gasteiger partial charge in [0.1, 0.15) is 10.7 Å². The number of likely N-dealkylation sites (tertiary alicyclic amines) is 1. The largest absolute Gasteiger partial charge is 0.341 e. The highest BCUT2D eigenvalue weighted by Gasteiger charge is 2.28. The van der Waals surface area contributed by atoms with E-state index in [1.54, 1.807) is 6.20 Å². The lowest BCUT2D eigenvalue weighted by Crippen LogP contribution is -2.38. The maximum Gasteiger partial charge on any atom is 0.250 e. The first kappa shape index (κ1) is 17.0. The number of aromatic nitrogens is 3. The van der Waals surface area contributed by atoms with Gasteiger partial charge in [0.05, 0.1) is 17.1 Å². The van der Waals surface area contributed by atoms with E-state index in [0.717, 1.165) is 42.4 Å². The Hall–Kier alpha value is -2.47. The molecule has 0 radical (unpaired) electrons. The van der Waals surface area contributed by atoms with Gasteiger partial charge >= 0.3 is 0 Å². The summed E-state index contributed by atoms with van der Waals surface area (Å²) in [4.78, 5) is 15.5. The number of carbonyl (C=O) groups excluding carboxylic acids is 1. The van der Waals surface area contributed by atoms with E-state index in [1.807, 2.05) is 52.1 Å². The summed E-state index contributed by atoms with van der Waals surface area (Å²) in [6.45, 7) is 1.65. The number of pyridine rings is 1. The zero-order valence-electron chi connectivity index (χ0n) is 14.6. The van der Waals surface area contributed by atoms with Gasteiger partial charge in [0, 0.05) is 19.3 Å². The van der Waals surface area contributed by atoms with Gasteiger partial charge in [-0.15, -0.1) is 0 Å². The minimum absolute atomic E-state index is 0.122. The number of carbonyl (C=O) groups is 1. The first-order chi connectivity index (χ1) is 12.8. The predicted molar refractivity (Wildman–Crippen MR) is 105 cm³/mol. The second kappa shape index (κ2) is 7.41. The fraction of sp³-hybridized carbons (Fsp3) is 0.350. The van der Waals surface area contributed by atoms with Crippen LogP contribution in [0, 0.1) is 4.64 Å². The molecule has 0 bridgehead atoms. The quantitative estimate of drug-likeness (QED) is 0.711. The lowest BCUT2D eigenvalue weighted by atomic mass is 10.0. The molecule has 6 heteroatoms. The maximum atomic E-state index is 13.5. The van der Waals surface area contributed by atoms with E-state index in [4.69, 9.17) is 12.2 Å². The summed E-state index contributed by atoms with van der Waals surface area (Å²) in [5.41, 5.74) is 1.85. The molecule has 1 saturated heterocycles. The molecule has 0 spiro atoms. The Kier molecular flexibility index (Phi) is 4.84. The van der Waals surface area contributed by atoms with Crippen molar-refractivity contribution in [1.29, 1.82) is 0 Å². The first-order valence-electron chi connectivity index (χ1n) is 9.13. The monoisotopic (exact) mass is 366 g/mol. The fourth-order valence-corrected chi connectivity index (χ4v) is 4.01. The summed E-state index contributed by atoms with van der Waals surface area (Å²) in [6.07, 6.45) is 8.15. The van der Waals surface area contributed by atoms with Gasteiger partial charge < -0.3 is 9.47 Å². The molecule has 4 rings (SSSR count). The number of hydrogen-bond acceptors (Lipinski definition) is 3. The third-order valence-corrected chi connectivity index (χ3v) is 5.51. The van der Waals surface area contributed by atoms with E-state index >= 15 is 0 Å². The number of aromatic amines is 1. The molecule has 1 N–H and O–H groups in total. The lowest BCUT2D eigenvalue weighted by Gasteiger charge is -2.28. The smallest absolute Gasteiger partial charge is 0.250 e. The molecule has 2 aromatic heterocycles. The van der Waals surface area contributed by atoms with E-state index in [-0.39, 0.29) is 5.91 Å². The van der Waals surface area contributed by atoms with E-state index in [2.05, 4.69) is 10.2 Å². The molecule has 1 aliphatic rings. The minimum Gasteiger partial charge on any atom is -0.341 e. The molecule has 1 aliphatic heterocycles. The van der Waals surface area contributed by atoms with Crippen LogP contribution in [-0.4, -0.2) is 38.7 Å². The van der Waals surface area contributed by atoms with Crippen molar-refractivity contribution in [2.24, 2.45) is 0 Å². The molecule has 1 unspecified atom stereocenters. The van der Waals surface area contributed by atoms with E-state index in [1.165, 1.54) is 12.8 Å². The summed E-state index contributed by atoms with van der Waals surface area (Å²) in [7, 11) is 0. The molecule has 0 aliphatic carbocycles. The number of nitrogens with one attached hydrogen (secondary N) is 1. The second-order valence-corrected chi connectivity index (χ2v) is 7.16. The van der Waals surface area contributed by atoms with Crippen molar-refractivity contribution in [3.63, 3.8) is 0 Å². The number of fused-ring (bicyclic) bond motifs is 1. The number of H-pyrrole nitrogens is 1. The van der Waals surface area contributed by atoms with Crippen LogP contribution >= 0.6 is 12.2 Å². The van der Waals surface area contributed by atoms with Crippen LogP contribution in [0.1, 0.15) is 37.3 Å². The van der Waals surface area contributed by atoms with Gasteiger partial charge in [0.15, 0.2) is 0 Å². The Morgan fingerprint density at radius 1 is 1.08 bits per heavy atom. The van der Waals surface area contributed by atoms with E-state index in [9.17, 15) is 4.79 Å². The lowest BCUT2D eigenvalue weighted by molar-refractivity contribution is -0.133. The summed E-state index contributed by atoms with van der Waals surface area (Å²) >= 11 is 5.70. The van der Waals surface area contributed by atoms with Crippen molar-refractivity contribution in [3.05, 3.63) is 59.0 Å². The molecule has 5 nitrogen and oxygen atoms in total. The van der Waals surface area contributed by atoms with E-state index in [0.29, 0.717) is 4.64 Å². The fourth-order valence-electron chi connectivity index (χ4n) is 3.68. The van der Waals surface area contributed by atoms with Crippen molar-refractivity contribution < 1.29 is 4.79 Å². The third kappa shape index (κ3) is 3.17. The number of nitrogens with zero attached hydrogens (tertiary/aromatic N) is 3. The van der Waals surface area contributed by atoms with Gasteiger partial charge in [-0.25, -0.2) is 0 Å². The zero-order valence-corrected chi connectivity index (χ0v) is 15.4. The standard InChI is InChI=1S/C20H22N4OS/c25-19(23-11-6-1-2-7-12-23)18(15-8-4-3-5-9-15)24-13-10-17-16(20(24)26)14-21-22-17/h3-5,8-10,13-14,18H,1-2,6-7,11-12H2,(H,21,22). The van der Waals surface area contributed by atoms with Crippen molar-refractivity contribution in [2.45, 2.75) is 31.7 Å². The molecule has 1 fully saturated rings. The average molecular weight is 366 g/mol. The average Bonchev–Trinajstić information content (AvgIpc) is 2.99. The number of hydrogen-bond donors (Lipinski definition) is 1. The molecule has 1 amide bonds. The molecule has 3 heterocycles. The topological polar surface area (TPSA) is 53.9 Å². The van der Waals surface area contributed by atoms with Crippen LogP contribution in [0.5, 0.6) is 0 Å². The molecule has 134 valence electrons. The van der Waals surface area contributed by atoms with Crippen LogP contribution in [0.3, 0.4) is 0 Å². The second-order valence-electron chi connectivity index (χ2n) is 6.78. The molecule has 1 atom stereocenters. The van der Waals surface area contributed by atoms with Crippen LogP contribution < -0.4 is 0 Å². The normalized spacial score (nSPS) is 16.4. The van der Waals surface area contributed by atoms with Crippen LogP contribution in [0.4, 0.5) is 0 Å². The third-order valence-electron chi connectivity index (χ3n) is 5.08.